The fraction of sp³-hybridized carbons (Fsp3) is 0.261. The molecule has 0 amide bonds. The summed E-state index contributed by atoms with van der Waals surface area (Å²) in [5.74, 6) is 0. The number of hydrogen-bond acceptors (Lipinski definition) is 0. The standard InChI is InChI=1S/C23H24NP/c1-17(2)23(15-18-8-5-4-6-9-18)16-20(25-23)14-19-10-7-11-22-21(19)12-13-24(22)3/h4-13H,1,14-16H2,2-3H3. The van der Waals surface area contributed by atoms with Crippen molar-refractivity contribution in [3.8, 4) is 0 Å². The van der Waals surface area contributed by atoms with Crippen LogP contribution in [0.4, 0.5) is 0 Å². The van der Waals surface area contributed by atoms with Crippen LogP contribution in [0, 0.1) is 0 Å². The number of aromatic nitrogens is 1. The molecule has 0 N–H and O–H groups in total. The predicted octanol–water partition coefficient (Wildman–Crippen LogP) is 5.80. The molecule has 1 unspecified atom stereocenters. The number of benzene rings is 2. The van der Waals surface area contributed by atoms with E-state index in [1.807, 2.05) is 0 Å². The van der Waals surface area contributed by atoms with Crippen LogP contribution in [0.15, 0.2) is 72.9 Å². The fourth-order valence-electron chi connectivity index (χ4n) is 3.90. The smallest absolute Gasteiger partial charge is 0.0480 e. The minimum atomic E-state index is 0.237. The monoisotopic (exact) mass is 345 g/mol. The first kappa shape index (κ1) is 16.4. The summed E-state index contributed by atoms with van der Waals surface area (Å²) < 4.78 is 2.20. The second-order valence-corrected chi connectivity index (χ2v) is 8.99. The molecule has 126 valence electrons. The Bertz CT molecular complexity index is 964. The van der Waals surface area contributed by atoms with E-state index >= 15 is 0 Å². The number of aryl methyl sites for hydroxylation is 1. The summed E-state index contributed by atoms with van der Waals surface area (Å²) in [4.78, 5) is 0. The molecule has 1 atom stereocenters. The Hall–Kier alpha value is -2.11. The first-order chi connectivity index (χ1) is 12.1. The first-order valence-corrected chi connectivity index (χ1v) is 9.77. The van der Waals surface area contributed by atoms with Gasteiger partial charge in [-0.05, 0) is 54.7 Å². The molecule has 2 heteroatoms. The van der Waals surface area contributed by atoms with Crippen molar-refractivity contribution in [2.75, 3.05) is 0 Å². The van der Waals surface area contributed by atoms with E-state index in [1.54, 1.807) is 5.29 Å². The summed E-state index contributed by atoms with van der Waals surface area (Å²) in [5, 5.41) is 3.26. The highest BCUT2D eigenvalue weighted by Gasteiger charge is 2.38. The van der Waals surface area contributed by atoms with Crippen LogP contribution in [0.25, 0.3) is 10.9 Å². The molecule has 1 aliphatic heterocycles. The number of nitrogens with zero attached hydrogens (tertiary/aromatic N) is 1. The lowest BCUT2D eigenvalue weighted by Crippen LogP contribution is -2.37. The summed E-state index contributed by atoms with van der Waals surface area (Å²) in [7, 11) is 3.59. The lowest BCUT2D eigenvalue weighted by atomic mass is 9.86. The van der Waals surface area contributed by atoms with Crippen molar-refractivity contribution in [1.29, 1.82) is 0 Å². The zero-order valence-electron chi connectivity index (χ0n) is 15.0. The summed E-state index contributed by atoms with van der Waals surface area (Å²) in [6.07, 6.45) is 5.52. The summed E-state index contributed by atoms with van der Waals surface area (Å²) >= 11 is 0. The lowest BCUT2D eigenvalue weighted by Gasteiger charge is -2.40. The zero-order chi connectivity index (χ0) is 17.4. The van der Waals surface area contributed by atoms with E-state index < -0.39 is 0 Å². The quantitative estimate of drug-likeness (QED) is 0.407. The van der Waals surface area contributed by atoms with Gasteiger partial charge in [0, 0.05) is 29.3 Å². The molecule has 3 aromatic rings. The highest BCUT2D eigenvalue weighted by molar-refractivity contribution is 7.45. The van der Waals surface area contributed by atoms with E-state index in [2.05, 4.69) is 85.9 Å². The molecule has 2 aromatic carbocycles. The normalized spacial score (nSPS) is 20.2. The molecule has 1 aromatic heterocycles. The van der Waals surface area contributed by atoms with Crippen molar-refractivity contribution in [2.24, 2.45) is 7.05 Å². The molecule has 0 aliphatic carbocycles. The molecule has 2 heterocycles. The van der Waals surface area contributed by atoms with Crippen molar-refractivity contribution in [3.63, 3.8) is 0 Å². The van der Waals surface area contributed by atoms with Crippen LogP contribution in [0.1, 0.15) is 24.5 Å². The summed E-state index contributed by atoms with van der Waals surface area (Å²) in [6, 6.07) is 19.8. The van der Waals surface area contributed by atoms with Crippen molar-refractivity contribution >= 4 is 24.4 Å². The molecule has 4 rings (SSSR count). The molecule has 0 saturated carbocycles. The topological polar surface area (TPSA) is 4.93 Å². The van der Waals surface area contributed by atoms with Crippen LogP contribution < -0.4 is 0 Å². The van der Waals surface area contributed by atoms with Crippen LogP contribution in [0.5, 0.6) is 0 Å². The van der Waals surface area contributed by atoms with E-state index in [-0.39, 0.29) is 5.16 Å². The number of allylic oxidation sites excluding steroid dienone is 1. The van der Waals surface area contributed by atoms with Gasteiger partial charge in [-0.15, -0.1) is 0 Å². The molecular weight excluding hydrogens is 321 g/mol. The third-order valence-corrected chi connectivity index (χ3v) is 7.17. The largest absolute Gasteiger partial charge is 0.351 e. The van der Waals surface area contributed by atoms with Crippen molar-refractivity contribution < 1.29 is 0 Å². The molecule has 25 heavy (non-hydrogen) atoms. The van der Waals surface area contributed by atoms with Gasteiger partial charge in [0.1, 0.15) is 0 Å². The minimum Gasteiger partial charge on any atom is -0.351 e. The van der Waals surface area contributed by atoms with E-state index in [0.29, 0.717) is 0 Å². The van der Waals surface area contributed by atoms with Gasteiger partial charge in [0.15, 0.2) is 0 Å². The molecule has 0 fully saturated rings. The van der Waals surface area contributed by atoms with Crippen LogP contribution in [-0.2, 0) is 19.9 Å². The highest BCUT2D eigenvalue weighted by atomic mass is 31.1. The Morgan fingerprint density at radius 3 is 2.60 bits per heavy atom. The number of fused-ring (bicyclic) bond motifs is 1. The first-order valence-electron chi connectivity index (χ1n) is 8.88. The lowest BCUT2D eigenvalue weighted by molar-refractivity contribution is 0.677. The Labute approximate surface area is 151 Å². The molecule has 1 aliphatic rings. The molecular formula is C23H24NP. The Kier molecular flexibility index (Phi) is 4.13. The average molecular weight is 345 g/mol. The van der Waals surface area contributed by atoms with Crippen LogP contribution >= 0.6 is 8.20 Å². The van der Waals surface area contributed by atoms with Gasteiger partial charge in [-0.3, -0.25) is 0 Å². The number of hydrogen-bond donors (Lipinski definition) is 0. The van der Waals surface area contributed by atoms with Gasteiger partial charge in [0.25, 0.3) is 0 Å². The van der Waals surface area contributed by atoms with E-state index in [1.165, 1.54) is 42.2 Å². The molecule has 0 saturated heterocycles. The second kappa shape index (κ2) is 6.32. The molecule has 0 spiro atoms. The van der Waals surface area contributed by atoms with Crippen LogP contribution in [0.3, 0.4) is 0 Å². The van der Waals surface area contributed by atoms with Crippen LogP contribution in [0.2, 0.25) is 0 Å². The Morgan fingerprint density at radius 1 is 1.12 bits per heavy atom. The SMILES string of the molecule is C=C(C)C1(Cc2ccccc2)CC(Cc2cccc3c2ccn3C)=P1. The van der Waals surface area contributed by atoms with Crippen molar-refractivity contribution in [3.05, 3.63) is 84.1 Å². The van der Waals surface area contributed by atoms with E-state index in [0.717, 1.165) is 12.8 Å². The number of rotatable bonds is 5. The van der Waals surface area contributed by atoms with Crippen molar-refractivity contribution in [1.82, 2.24) is 4.57 Å². The van der Waals surface area contributed by atoms with Gasteiger partial charge < -0.3 is 4.57 Å². The third-order valence-electron chi connectivity index (χ3n) is 5.42. The van der Waals surface area contributed by atoms with E-state index in [9.17, 15) is 0 Å². The van der Waals surface area contributed by atoms with Gasteiger partial charge in [-0.25, -0.2) is 0 Å². The third kappa shape index (κ3) is 2.98. The maximum absolute atomic E-state index is 4.32. The average Bonchev–Trinajstić information content (AvgIpc) is 2.96. The highest BCUT2D eigenvalue weighted by Crippen LogP contribution is 2.48. The van der Waals surface area contributed by atoms with E-state index in [4.69, 9.17) is 0 Å². The van der Waals surface area contributed by atoms with Crippen LogP contribution in [-0.4, -0.2) is 15.0 Å². The van der Waals surface area contributed by atoms with Gasteiger partial charge in [0.05, 0.1) is 0 Å². The predicted molar refractivity (Wildman–Crippen MR) is 111 cm³/mol. The van der Waals surface area contributed by atoms with Crippen molar-refractivity contribution in [2.45, 2.75) is 31.3 Å². The zero-order valence-corrected chi connectivity index (χ0v) is 15.9. The van der Waals surface area contributed by atoms with Gasteiger partial charge in [0.2, 0.25) is 0 Å². The Morgan fingerprint density at radius 2 is 1.88 bits per heavy atom. The second-order valence-electron chi connectivity index (χ2n) is 7.28. The van der Waals surface area contributed by atoms with Gasteiger partial charge >= 0.3 is 0 Å². The fourth-order valence-corrected chi connectivity index (χ4v) is 5.56. The molecule has 1 nitrogen and oxygen atoms in total. The minimum absolute atomic E-state index is 0.237. The molecule has 0 radical (unpaired) electrons. The maximum Gasteiger partial charge on any atom is 0.0480 e. The van der Waals surface area contributed by atoms with Gasteiger partial charge in [-0.2, -0.15) is 0 Å². The molecule has 0 bridgehead atoms. The Balaban J connectivity index is 1.59. The van der Waals surface area contributed by atoms with Gasteiger partial charge in [-0.1, -0.05) is 62.8 Å². The summed E-state index contributed by atoms with van der Waals surface area (Å²) in [6.45, 7) is 6.52. The maximum atomic E-state index is 4.32. The summed E-state index contributed by atoms with van der Waals surface area (Å²) in [5.41, 5.74) is 5.52.